The van der Waals surface area contributed by atoms with E-state index in [1.54, 1.807) is 7.11 Å². The lowest BCUT2D eigenvalue weighted by molar-refractivity contribution is -0.278. The molecule has 2 heterocycles. The maximum atomic E-state index is 10.5. The molecule has 1 aromatic heterocycles. The van der Waals surface area contributed by atoms with E-state index in [9.17, 15) is 20.4 Å². The van der Waals surface area contributed by atoms with Crippen molar-refractivity contribution in [2.75, 3.05) is 13.7 Å². The molecule has 9 heteroatoms. The van der Waals surface area contributed by atoms with Crippen molar-refractivity contribution in [2.45, 2.75) is 57.0 Å². The molecule has 35 heavy (non-hydrogen) atoms. The molecule has 0 unspecified atom stereocenters. The van der Waals surface area contributed by atoms with Crippen LogP contribution in [0, 0.1) is 0 Å². The predicted octanol–water partition coefficient (Wildman–Crippen LogP) is 1.91. The molecular formula is C26H32N2O7. The number of methoxy groups -OCH3 is 1. The molecule has 1 saturated heterocycles. The third kappa shape index (κ3) is 5.19. The smallest absolute Gasteiger partial charge is 0.239 e. The lowest BCUT2D eigenvalue weighted by Crippen LogP contribution is -2.60. The molecule has 0 radical (unpaired) electrons. The average molecular weight is 485 g/mol. The fourth-order valence-electron chi connectivity index (χ4n) is 4.21. The third-order valence-electron chi connectivity index (χ3n) is 6.12. The van der Waals surface area contributed by atoms with Gasteiger partial charge in [0.05, 0.1) is 19.4 Å². The first kappa shape index (κ1) is 25.2. The maximum absolute atomic E-state index is 10.5. The van der Waals surface area contributed by atoms with Crippen molar-refractivity contribution < 1.29 is 34.6 Å². The van der Waals surface area contributed by atoms with Crippen LogP contribution in [0.1, 0.15) is 31.0 Å². The van der Waals surface area contributed by atoms with Crippen LogP contribution in [0.3, 0.4) is 0 Å². The molecule has 4 N–H and O–H groups in total. The number of hydrogen-bond donors (Lipinski definition) is 4. The highest BCUT2D eigenvalue weighted by atomic mass is 16.7. The van der Waals surface area contributed by atoms with Gasteiger partial charge in [-0.1, -0.05) is 30.3 Å². The minimum atomic E-state index is -1.54. The normalized spacial score (nSPS) is 24.5. The van der Waals surface area contributed by atoms with Crippen LogP contribution in [0.25, 0.3) is 11.3 Å². The van der Waals surface area contributed by atoms with E-state index in [2.05, 4.69) is 0 Å². The van der Waals surface area contributed by atoms with Gasteiger partial charge in [-0.2, -0.15) is 0 Å². The molecule has 0 aliphatic carbocycles. The molecule has 1 aliphatic heterocycles. The summed E-state index contributed by atoms with van der Waals surface area (Å²) in [5.74, 6) is 0.962. The molecule has 4 rings (SSSR count). The summed E-state index contributed by atoms with van der Waals surface area (Å²) in [5, 5.41) is 45.1. The number of aromatic nitrogens is 2. The van der Waals surface area contributed by atoms with Gasteiger partial charge in [-0.05, 0) is 43.7 Å². The van der Waals surface area contributed by atoms with E-state index >= 15 is 0 Å². The van der Waals surface area contributed by atoms with Crippen LogP contribution in [0.5, 0.6) is 11.6 Å². The highest BCUT2D eigenvalue weighted by Crippen LogP contribution is 2.37. The van der Waals surface area contributed by atoms with Crippen molar-refractivity contribution in [2.24, 2.45) is 0 Å². The van der Waals surface area contributed by atoms with Crippen LogP contribution in [0.15, 0.2) is 54.6 Å². The van der Waals surface area contributed by atoms with Crippen LogP contribution in [-0.2, 0) is 11.2 Å². The van der Waals surface area contributed by atoms with Crippen molar-refractivity contribution >= 4 is 0 Å². The molecule has 1 fully saturated rings. The molecule has 3 aromatic rings. The van der Waals surface area contributed by atoms with E-state index in [0.29, 0.717) is 6.42 Å². The van der Waals surface area contributed by atoms with Crippen molar-refractivity contribution in [1.29, 1.82) is 0 Å². The maximum Gasteiger partial charge on any atom is 0.239 e. The molecular weight excluding hydrogens is 452 g/mol. The first-order valence-corrected chi connectivity index (χ1v) is 11.6. The van der Waals surface area contributed by atoms with E-state index in [1.165, 1.54) is 0 Å². The second-order valence-electron chi connectivity index (χ2n) is 8.88. The minimum absolute atomic E-state index is 0.0197. The standard InChI is InChI=1S/C26H32N2O7/c1-15(2)28-21(17-9-11-18(33-3)12-10-17)19(13-16-7-5-4-6-8-16)25(27-28)35-26-24(32)23(31)22(30)20(14-29)34-26/h4-12,15,20,22-24,26,29-32H,13-14H2,1-3H3/t20-,22-,23+,24-,26+/m1/s1. The van der Waals surface area contributed by atoms with Gasteiger partial charge in [-0.25, -0.2) is 0 Å². The van der Waals surface area contributed by atoms with E-state index in [-0.39, 0.29) is 11.9 Å². The number of benzene rings is 2. The molecule has 188 valence electrons. The fourth-order valence-corrected chi connectivity index (χ4v) is 4.21. The lowest BCUT2D eigenvalue weighted by atomic mass is 9.99. The van der Waals surface area contributed by atoms with Crippen molar-refractivity contribution in [3.63, 3.8) is 0 Å². The first-order valence-electron chi connectivity index (χ1n) is 11.6. The fraction of sp³-hybridized carbons (Fsp3) is 0.423. The van der Waals surface area contributed by atoms with Gasteiger partial charge < -0.3 is 34.6 Å². The summed E-state index contributed by atoms with van der Waals surface area (Å²) in [5.41, 5.74) is 3.55. The number of nitrogens with zero attached hydrogens (tertiary/aromatic N) is 2. The summed E-state index contributed by atoms with van der Waals surface area (Å²) in [6.07, 6.45) is -6.48. The number of hydrogen-bond acceptors (Lipinski definition) is 8. The summed E-state index contributed by atoms with van der Waals surface area (Å²) >= 11 is 0. The van der Waals surface area contributed by atoms with E-state index in [1.807, 2.05) is 73.1 Å². The summed E-state index contributed by atoms with van der Waals surface area (Å²) in [6, 6.07) is 17.5. The van der Waals surface area contributed by atoms with Crippen molar-refractivity contribution in [1.82, 2.24) is 9.78 Å². The van der Waals surface area contributed by atoms with Gasteiger partial charge in [0.25, 0.3) is 0 Å². The van der Waals surface area contributed by atoms with Crippen LogP contribution in [-0.4, -0.2) is 74.6 Å². The van der Waals surface area contributed by atoms with Gasteiger partial charge in [0, 0.05) is 23.6 Å². The zero-order valence-electron chi connectivity index (χ0n) is 20.0. The highest BCUT2D eigenvalue weighted by Gasteiger charge is 2.45. The van der Waals surface area contributed by atoms with Crippen molar-refractivity contribution in [3.8, 4) is 22.9 Å². The molecule has 2 aromatic carbocycles. The lowest BCUT2D eigenvalue weighted by Gasteiger charge is -2.39. The minimum Gasteiger partial charge on any atom is -0.497 e. The quantitative estimate of drug-likeness (QED) is 0.382. The Balaban J connectivity index is 1.80. The SMILES string of the molecule is COc1ccc(-c2c(Cc3ccccc3)c(O[C@@H]3O[C@H](CO)[C@@H](O)[C@H](O)[C@H]3O)nn2C(C)C)cc1. The Morgan fingerprint density at radius 1 is 0.971 bits per heavy atom. The zero-order valence-corrected chi connectivity index (χ0v) is 20.0. The highest BCUT2D eigenvalue weighted by molar-refractivity contribution is 5.67. The van der Waals surface area contributed by atoms with Crippen LogP contribution < -0.4 is 9.47 Å². The van der Waals surface area contributed by atoms with E-state index < -0.39 is 37.3 Å². The molecule has 0 bridgehead atoms. The summed E-state index contributed by atoms with van der Waals surface area (Å²) in [6.45, 7) is 3.47. The summed E-state index contributed by atoms with van der Waals surface area (Å²) < 4.78 is 18.8. The largest absolute Gasteiger partial charge is 0.497 e. The Kier molecular flexibility index (Phi) is 7.73. The molecule has 0 saturated carbocycles. The Hall–Kier alpha value is -2.95. The molecule has 5 atom stereocenters. The van der Waals surface area contributed by atoms with Gasteiger partial charge in [-0.15, -0.1) is 5.10 Å². The van der Waals surface area contributed by atoms with E-state index in [0.717, 1.165) is 28.1 Å². The molecule has 0 spiro atoms. The van der Waals surface area contributed by atoms with Gasteiger partial charge in [0.15, 0.2) is 0 Å². The predicted molar refractivity (Wildman–Crippen MR) is 128 cm³/mol. The summed E-state index contributed by atoms with van der Waals surface area (Å²) in [7, 11) is 1.61. The second kappa shape index (κ2) is 10.8. The van der Waals surface area contributed by atoms with Crippen molar-refractivity contribution in [3.05, 3.63) is 65.7 Å². The van der Waals surface area contributed by atoms with E-state index in [4.69, 9.17) is 19.3 Å². The monoisotopic (exact) mass is 484 g/mol. The van der Waals surface area contributed by atoms with Crippen LogP contribution in [0.4, 0.5) is 0 Å². The van der Waals surface area contributed by atoms with Crippen LogP contribution in [0.2, 0.25) is 0 Å². The third-order valence-corrected chi connectivity index (χ3v) is 6.12. The summed E-state index contributed by atoms with van der Waals surface area (Å²) in [4.78, 5) is 0. The number of ether oxygens (including phenoxy) is 3. The molecule has 9 nitrogen and oxygen atoms in total. The number of aliphatic hydroxyl groups excluding tert-OH is 4. The first-order chi connectivity index (χ1) is 16.8. The number of aliphatic hydroxyl groups is 4. The zero-order chi connectivity index (χ0) is 25.1. The second-order valence-corrected chi connectivity index (χ2v) is 8.88. The topological polar surface area (TPSA) is 126 Å². The average Bonchev–Trinajstić information content (AvgIpc) is 3.23. The Bertz CT molecular complexity index is 1100. The van der Waals surface area contributed by atoms with Gasteiger partial charge in [0.2, 0.25) is 12.2 Å². The van der Waals surface area contributed by atoms with Crippen LogP contribution >= 0.6 is 0 Å². The van der Waals surface area contributed by atoms with Gasteiger partial charge in [-0.3, -0.25) is 4.68 Å². The number of rotatable bonds is 8. The Morgan fingerprint density at radius 3 is 2.26 bits per heavy atom. The molecule has 0 amide bonds. The van der Waals surface area contributed by atoms with Gasteiger partial charge >= 0.3 is 0 Å². The molecule has 1 aliphatic rings. The Morgan fingerprint density at radius 2 is 1.66 bits per heavy atom. The van der Waals surface area contributed by atoms with Gasteiger partial charge in [0.1, 0.15) is 30.2 Å². The Labute approximate surface area is 204 Å².